The van der Waals surface area contributed by atoms with Gasteiger partial charge in [0.05, 0.1) is 16.9 Å². The van der Waals surface area contributed by atoms with Gasteiger partial charge in [0.15, 0.2) is 0 Å². The van der Waals surface area contributed by atoms with Crippen molar-refractivity contribution in [2.75, 3.05) is 22.5 Å². The summed E-state index contributed by atoms with van der Waals surface area (Å²) in [4.78, 5) is 23.3. The van der Waals surface area contributed by atoms with Crippen molar-refractivity contribution in [3.63, 3.8) is 0 Å². The van der Waals surface area contributed by atoms with E-state index in [0.717, 1.165) is 16.6 Å². The summed E-state index contributed by atoms with van der Waals surface area (Å²) in [5, 5.41) is 13.8. The van der Waals surface area contributed by atoms with Crippen LogP contribution in [0.3, 0.4) is 0 Å². The molecule has 160 valence electrons. The van der Waals surface area contributed by atoms with Crippen molar-refractivity contribution < 1.29 is 22.9 Å². The maximum absolute atomic E-state index is 12.9. The first-order valence-electron chi connectivity index (χ1n) is 9.05. The molecule has 30 heavy (non-hydrogen) atoms. The maximum Gasteiger partial charge on any atom is 0.271 e. The van der Waals surface area contributed by atoms with Crippen LogP contribution in [-0.4, -0.2) is 38.2 Å². The zero-order valence-corrected chi connectivity index (χ0v) is 17.5. The third-order valence-electron chi connectivity index (χ3n) is 4.11. The molecule has 0 saturated carbocycles. The lowest BCUT2D eigenvalue weighted by atomic mass is 10.1. The number of carbonyl (C=O) groups excluding carboxylic acids is 1. The molecule has 0 aliphatic carbocycles. The van der Waals surface area contributed by atoms with Crippen LogP contribution in [0.4, 0.5) is 17.1 Å². The van der Waals surface area contributed by atoms with Crippen molar-refractivity contribution >= 4 is 33.0 Å². The minimum atomic E-state index is -3.91. The number of amides is 1. The minimum absolute atomic E-state index is 0.0434. The predicted molar refractivity (Wildman–Crippen MR) is 115 cm³/mol. The Balaban J connectivity index is 2.31. The molecular weight excluding hydrogens is 410 g/mol. The number of hydrogen-bond donors (Lipinski definition) is 1. The molecule has 10 heteroatoms. The van der Waals surface area contributed by atoms with E-state index in [9.17, 15) is 23.3 Å². The number of carbonyl (C=O) groups is 1. The smallest absolute Gasteiger partial charge is 0.271 e. The number of ether oxygens (including phenoxy) is 1. The highest BCUT2D eigenvalue weighted by molar-refractivity contribution is 7.92. The lowest BCUT2D eigenvalue weighted by Gasteiger charge is -2.30. The first kappa shape index (κ1) is 22.9. The average molecular weight is 433 g/mol. The van der Waals surface area contributed by atoms with E-state index in [1.54, 1.807) is 37.3 Å². The van der Waals surface area contributed by atoms with Gasteiger partial charge in [-0.3, -0.25) is 19.2 Å². The maximum atomic E-state index is 12.9. The molecule has 0 fully saturated rings. The number of nitrogens with one attached hydrogen (secondary N) is 1. The van der Waals surface area contributed by atoms with E-state index < -0.39 is 26.9 Å². The van der Waals surface area contributed by atoms with Gasteiger partial charge in [-0.2, -0.15) is 0 Å². The van der Waals surface area contributed by atoms with Crippen LogP contribution in [-0.2, 0) is 14.8 Å². The van der Waals surface area contributed by atoms with Crippen LogP contribution in [0.25, 0.3) is 0 Å². The van der Waals surface area contributed by atoms with Crippen molar-refractivity contribution in [2.45, 2.75) is 19.4 Å². The first-order valence-corrected chi connectivity index (χ1v) is 10.9. The number of benzene rings is 2. The fourth-order valence-corrected chi connectivity index (χ4v) is 4.02. The summed E-state index contributed by atoms with van der Waals surface area (Å²) in [5.41, 5.74) is 0.227. The Morgan fingerprint density at radius 1 is 1.30 bits per heavy atom. The average Bonchev–Trinajstić information content (AvgIpc) is 2.70. The zero-order chi connectivity index (χ0) is 22.3. The van der Waals surface area contributed by atoms with E-state index in [-0.39, 0.29) is 17.8 Å². The van der Waals surface area contributed by atoms with Gasteiger partial charge in [-0.25, -0.2) is 8.42 Å². The molecule has 9 nitrogen and oxygen atoms in total. The van der Waals surface area contributed by atoms with Crippen LogP contribution in [0.1, 0.15) is 13.3 Å². The van der Waals surface area contributed by atoms with E-state index in [0.29, 0.717) is 18.0 Å². The van der Waals surface area contributed by atoms with Gasteiger partial charge in [0.1, 0.15) is 18.4 Å². The summed E-state index contributed by atoms with van der Waals surface area (Å²) in [6.45, 7) is 5.57. The standard InChI is InChI=1S/C20H23N3O6S/c1-4-13-29-18-11-9-15(10-12-18)21-20(24)19(5-2)22(30(3,27)28)16-7-6-8-17(14-16)23(25)26/h4,6-12,14,19H,1,5,13H2,2-3H3,(H,21,24). The van der Waals surface area contributed by atoms with Crippen LogP contribution in [0, 0.1) is 10.1 Å². The Hall–Kier alpha value is -3.40. The lowest BCUT2D eigenvalue weighted by molar-refractivity contribution is -0.384. The molecule has 1 atom stereocenters. The Bertz CT molecular complexity index is 1020. The first-order chi connectivity index (χ1) is 14.2. The quantitative estimate of drug-likeness (QED) is 0.349. The SMILES string of the molecule is C=CCOc1ccc(NC(=O)C(CC)N(c2cccc([N+](=O)[O-])c2)S(C)(=O)=O)cc1. The van der Waals surface area contributed by atoms with E-state index in [4.69, 9.17) is 4.74 Å². The number of hydrogen-bond acceptors (Lipinski definition) is 6. The molecular formula is C20H23N3O6S. The largest absolute Gasteiger partial charge is 0.490 e. The van der Waals surface area contributed by atoms with Gasteiger partial charge in [-0.1, -0.05) is 25.6 Å². The third kappa shape index (κ3) is 5.80. The molecule has 0 aromatic heterocycles. The van der Waals surface area contributed by atoms with Crippen molar-refractivity contribution in [1.82, 2.24) is 0 Å². The number of anilines is 2. The topological polar surface area (TPSA) is 119 Å². The van der Waals surface area contributed by atoms with Crippen molar-refractivity contribution in [2.24, 2.45) is 0 Å². The van der Waals surface area contributed by atoms with Crippen LogP contribution < -0.4 is 14.4 Å². The Morgan fingerprint density at radius 3 is 2.50 bits per heavy atom. The highest BCUT2D eigenvalue weighted by Crippen LogP contribution is 2.27. The molecule has 0 heterocycles. The van der Waals surface area contributed by atoms with Crippen molar-refractivity contribution in [1.29, 1.82) is 0 Å². The Morgan fingerprint density at radius 2 is 1.97 bits per heavy atom. The number of sulfonamides is 1. The molecule has 0 spiro atoms. The van der Waals surface area contributed by atoms with E-state index in [2.05, 4.69) is 11.9 Å². The fraction of sp³-hybridized carbons (Fsp3) is 0.250. The van der Waals surface area contributed by atoms with Crippen LogP contribution >= 0.6 is 0 Å². The highest BCUT2D eigenvalue weighted by Gasteiger charge is 2.32. The number of nitro benzene ring substituents is 1. The molecule has 0 bridgehead atoms. The number of nitrogens with zero attached hydrogens (tertiary/aromatic N) is 2. The molecule has 0 aliphatic heterocycles. The summed E-state index contributed by atoms with van der Waals surface area (Å²) in [7, 11) is -3.91. The second kappa shape index (κ2) is 9.88. The second-order valence-electron chi connectivity index (χ2n) is 6.37. The summed E-state index contributed by atoms with van der Waals surface area (Å²) >= 11 is 0. The highest BCUT2D eigenvalue weighted by atomic mass is 32.2. The number of non-ortho nitro benzene ring substituents is 1. The normalized spacial score (nSPS) is 11.9. The second-order valence-corrected chi connectivity index (χ2v) is 8.23. The van der Waals surface area contributed by atoms with Crippen LogP contribution in [0.2, 0.25) is 0 Å². The molecule has 1 unspecified atom stereocenters. The van der Waals surface area contributed by atoms with Gasteiger partial charge in [-0.05, 0) is 36.8 Å². The van der Waals surface area contributed by atoms with Crippen LogP contribution in [0.5, 0.6) is 5.75 Å². The van der Waals surface area contributed by atoms with E-state index in [1.807, 2.05) is 0 Å². The van der Waals surface area contributed by atoms with Crippen LogP contribution in [0.15, 0.2) is 61.2 Å². The molecule has 2 aromatic carbocycles. The molecule has 1 amide bonds. The van der Waals surface area contributed by atoms with Crippen molar-refractivity contribution in [3.8, 4) is 5.75 Å². The Labute approximate surface area is 175 Å². The summed E-state index contributed by atoms with van der Waals surface area (Å²) in [6.07, 6.45) is 2.71. The molecule has 2 aromatic rings. The van der Waals surface area contributed by atoms with Gasteiger partial charge in [0, 0.05) is 17.8 Å². The molecule has 0 radical (unpaired) electrons. The monoisotopic (exact) mass is 433 g/mol. The number of nitro groups is 1. The Kier molecular flexibility index (Phi) is 7.54. The molecule has 0 saturated heterocycles. The lowest BCUT2D eigenvalue weighted by Crippen LogP contribution is -2.47. The van der Waals surface area contributed by atoms with Gasteiger partial charge in [0.2, 0.25) is 15.9 Å². The fourth-order valence-electron chi connectivity index (χ4n) is 2.82. The third-order valence-corrected chi connectivity index (χ3v) is 5.29. The van der Waals surface area contributed by atoms with Gasteiger partial charge in [0.25, 0.3) is 5.69 Å². The van der Waals surface area contributed by atoms with Gasteiger partial charge in [-0.15, -0.1) is 0 Å². The van der Waals surface area contributed by atoms with Crippen molar-refractivity contribution in [3.05, 3.63) is 71.3 Å². The minimum Gasteiger partial charge on any atom is -0.490 e. The van der Waals surface area contributed by atoms with Gasteiger partial charge < -0.3 is 10.1 Å². The number of rotatable bonds is 10. The van der Waals surface area contributed by atoms with E-state index in [1.165, 1.54) is 18.2 Å². The zero-order valence-electron chi connectivity index (χ0n) is 16.6. The van der Waals surface area contributed by atoms with Gasteiger partial charge >= 0.3 is 0 Å². The molecule has 2 rings (SSSR count). The molecule has 1 N–H and O–H groups in total. The van der Waals surface area contributed by atoms with E-state index >= 15 is 0 Å². The predicted octanol–water partition coefficient (Wildman–Crippen LogP) is 3.34. The summed E-state index contributed by atoms with van der Waals surface area (Å²) in [5.74, 6) is 0.0310. The molecule has 0 aliphatic rings. The summed E-state index contributed by atoms with van der Waals surface area (Å²) < 4.78 is 31.2. The summed E-state index contributed by atoms with van der Waals surface area (Å²) in [6, 6.07) is 10.6.